The van der Waals surface area contributed by atoms with Gasteiger partial charge in [-0.1, -0.05) is 6.92 Å². The van der Waals surface area contributed by atoms with Crippen molar-refractivity contribution in [1.29, 1.82) is 0 Å². The highest BCUT2D eigenvalue weighted by molar-refractivity contribution is 7.99. The third-order valence-corrected chi connectivity index (χ3v) is 3.59. The highest BCUT2D eigenvalue weighted by atomic mass is 32.2. The van der Waals surface area contributed by atoms with Gasteiger partial charge in [-0.25, -0.2) is 4.39 Å². The van der Waals surface area contributed by atoms with Crippen LogP contribution in [-0.4, -0.2) is 16.5 Å². The molecule has 0 bridgehead atoms. The lowest BCUT2D eigenvalue weighted by Gasteiger charge is -2.14. The zero-order valence-electron chi connectivity index (χ0n) is 8.90. The molecule has 15 heavy (non-hydrogen) atoms. The van der Waals surface area contributed by atoms with E-state index in [1.54, 1.807) is 24.8 Å². The zero-order chi connectivity index (χ0) is 11.4. The van der Waals surface area contributed by atoms with Crippen molar-refractivity contribution in [2.45, 2.75) is 31.0 Å². The van der Waals surface area contributed by atoms with Gasteiger partial charge in [-0.3, -0.25) is 0 Å². The zero-order valence-corrected chi connectivity index (χ0v) is 9.72. The molecule has 0 aliphatic rings. The minimum atomic E-state index is -0.360. The SMILES string of the molecule is CC(O)C(C)SCc1cc(N)cc(F)c1. The van der Waals surface area contributed by atoms with Gasteiger partial charge >= 0.3 is 0 Å². The molecule has 3 N–H and O–H groups in total. The number of halogens is 1. The van der Waals surface area contributed by atoms with Crippen LogP contribution in [0.3, 0.4) is 0 Å². The van der Waals surface area contributed by atoms with Gasteiger partial charge in [0, 0.05) is 16.7 Å². The summed E-state index contributed by atoms with van der Waals surface area (Å²) in [6.07, 6.45) is -0.360. The summed E-state index contributed by atoms with van der Waals surface area (Å²) >= 11 is 1.58. The van der Waals surface area contributed by atoms with Gasteiger partial charge in [-0.05, 0) is 30.7 Å². The van der Waals surface area contributed by atoms with Crippen LogP contribution in [0.5, 0.6) is 0 Å². The second-order valence-corrected chi connectivity index (χ2v) is 5.02. The summed E-state index contributed by atoms with van der Waals surface area (Å²) in [7, 11) is 0. The van der Waals surface area contributed by atoms with E-state index in [9.17, 15) is 9.50 Å². The third kappa shape index (κ3) is 4.10. The minimum absolute atomic E-state index is 0.134. The molecule has 2 atom stereocenters. The number of benzene rings is 1. The summed E-state index contributed by atoms with van der Waals surface area (Å²) in [6, 6.07) is 4.52. The Labute approximate surface area is 93.7 Å². The van der Waals surface area contributed by atoms with Crippen LogP contribution in [0.4, 0.5) is 10.1 Å². The summed E-state index contributed by atoms with van der Waals surface area (Å²) < 4.78 is 13.0. The molecule has 1 aromatic rings. The van der Waals surface area contributed by atoms with Crippen LogP contribution in [0.25, 0.3) is 0 Å². The lowest BCUT2D eigenvalue weighted by Crippen LogP contribution is -2.15. The molecule has 1 aromatic carbocycles. The molecule has 0 radical (unpaired) electrons. The maximum atomic E-state index is 13.0. The largest absolute Gasteiger partial charge is 0.399 e. The van der Waals surface area contributed by atoms with E-state index in [1.807, 2.05) is 6.92 Å². The number of hydrogen-bond acceptors (Lipinski definition) is 3. The average molecular weight is 229 g/mol. The van der Waals surface area contributed by atoms with Crippen molar-refractivity contribution >= 4 is 17.4 Å². The molecule has 1 rings (SSSR count). The van der Waals surface area contributed by atoms with E-state index >= 15 is 0 Å². The Morgan fingerprint density at radius 1 is 1.40 bits per heavy atom. The van der Waals surface area contributed by atoms with Crippen LogP contribution >= 0.6 is 11.8 Å². The highest BCUT2D eigenvalue weighted by Crippen LogP contribution is 2.22. The molecular weight excluding hydrogens is 213 g/mol. The first kappa shape index (κ1) is 12.3. The molecule has 0 spiro atoms. The van der Waals surface area contributed by atoms with Crippen molar-refractivity contribution in [2.75, 3.05) is 5.73 Å². The molecule has 4 heteroatoms. The van der Waals surface area contributed by atoms with E-state index in [-0.39, 0.29) is 17.2 Å². The van der Waals surface area contributed by atoms with Crippen LogP contribution in [0.1, 0.15) is 19.4 Å². The standard InChI is InChI=1S/C11H16FNOS/c1-7(14)8(2)15-6-9-3-10(12)5-11(13)4-9/h3-5,7-8,14H,6,13H2,1-2H3. The molecule has 0 heterocycles. The average Bonchev–Trinajstić information content (AvgIpc) is 2.12. The predicted molar refractivity (Wildman–Crippen MR) is 63.3 cm³/mol. The number of aliphatic hydroxyl groups excluding tert-OH is 1. The fourth-order valence-corrected chi connectivity index (χ4v) is 2.03. The Bertz CT molecular complexity index is 310. The van der Waals surface area contributed by atoms with Crippen molar-refractivity contribution in [3.8, 4) is 0 Å². The number of anilines is 1. The number of nitrogens with two attached hydrogens (primary N) is 1. The fourth-order valence-electron chi connectivity index (χ4n) is 1.13. The minimum Gasteiger partial charge on any atom is -0.399 e. The molecule has 0 aromatic heterocycles. The summed E-state index contributed by atoms with van der Waals surface area (Å²) in [5.74, 6) is 0.351. The Balaban J connectivity index is 2.57. The highest BCUT2D eigenvalue weighted by Gasteiger charge is 2.09. The summed E-state index contributed by atoms with van der Waals surface area (Å²) in [4.78, 5) is 0. The first-order valence-electron chi connectivity index (χ1n) is 4.83. The van der Waals surface area contributed by atoms with Crippen molar-refractivity contribution in [1.82, 2.24) is 0 Å². The number of nitrogen functional groups attached to an aromatic ring is 1. The molecule has 0 aliphatic heterocycles. The second kappa shape index (κ2) is 5.37. The molecule has 0 saturated heterocycles. The predicted octanol–water partition coefficient (Wildman–Crippen LogP) is 2.41. The van der Waals surface area contributed by atoms with E-state index in [0.717, 1.165) is 5.56 Å². The number of hydrogen-bond donors (Lipinski definition) is 2. The first-order chi connectivity index (χ1) is 6.99. The Kier molecular flexibility index (Phi) is 4.42. The van der Waals surface area contributed by atoms with Crippen molar-refractivity contribution in [3.05, 3.63) is 29.6 Å². The van der Waals surface area contributed by atoms with E-state index in [0.29, 0.717) is 11.4 Å². The van der Waals surface area contributed by atoms with E-state index < -0.39 is 0 Å². The summed E-state index contributed by atoms with van der Waals surface area (Å²) in [5, 5.41) is 9.42. The maximum Gasteiger partial charge on any atom is 0.125 e. The smallest absolute Gasteiger partial charge is 0.125 e. The van der Waals surface area contributed by atoms with Gasteiger partial charge in [-0.2, -0.15) is 11.8 Å². The van der Waals surface area contributed by atoms with E-state index in [2.05, 4.69) is 0 Å². The van der Waals surface area contributed by atoms with Gasteiger partial charge in [-0.15, -0.1) is 0 Å². The van der Waals surface area contributed by atoms with Gasteiger partial charge < -0.3 is 10.8 Å². The van der Waals surface area contributed by atoms with Crippen LogP contribution in [0.2, 0.25) is 0 Å². The van der Waals surface area contributed by atoms with Crippen LogP contribution in [0, 0.1) is 5.82 Å². The Morgan fingerprint density at radius 3 is 2.60 bits per heavy atom. The topological polar surface area (TPSA) is 46.2 Å². The molecule has 0 amide bonds. The molecule has 0 fully saturated rings. The fraction of sp³-hybridized carbons (Fsp3) is 0.455. The van der Waals surface area contributed by atoms with Gasteiger partial charge in [0.05, 0.1) is 6.10 Å². The maximum absolute atomic E-state index is 13.0. The molecular formula is C11H16FNOS. The van der Waals surface area contributed by atoms with E-state index in [1.165, 1.54) is 12.1 Å². The number of rotatable bonds is 4. The number of thioether (sulfide) groups is 1. The lowest BCUT2D eigenvalue weighted by molar-refractivity contribution is 0.196. The van der Waals surface area contributed by atoms with Crippen molar-refractivity contribution in [2.24, 2.45) is 0 Å². The first-order valence-corrected chi connectivity index (χ1v) is 5.88. The Hall–Kier alpha value is -0.740. The van der Waals surface area contributed by atoms with Gasteiger partial charge in [0.15, 0.2) is 0 Å². The Morgan fingerprint density at radius 2 is 2.07 bits per heavy atom. The third-order valence-electron chi connectivity index (χ3n) is 2.17. The lowest BCUT2D eigenvalue weighted by atomic mass is 10.2. The van der Waals surface area contributed by atoms with Gasteiger partial charge in [0.1, 0.15) is 5.82 Å². The van der Waals surface area contributed by atoms with Crippen LogP contribution in [-0.2, 0) is 5.75 Å². The molecule has 84 valence electrons. The van der Waals surface area contributed by atoms with Crippen molar-refractivity contribution in [3.63, 3.8) is 0 Å². The van der Waals surface area contributed by atoms with Crippen LogP contribution in [0.15, 0.2) is 18.2 Å². The molecule has 2 nitrogen and oxygen atoms in total. The molecule has 0 aliphatic carbocycles. The van der Waals surface area contributed by atoms with E-state index in [4.69, 9.17) is 5.73 Å². The van der Waals surface area contributed by atoms with Crippen LogP contribution < -0.4 is 5.73 Å². The monoisotopic (exact) mass is 229 g/mol. The quantitative estimate of drug-likeness (QED) is 0.779. The second-order valence-electron chi connectivity index (χ2n) is 3.65. The summed E-state index contributed by atoms with van der Waals surface area (Å²) in [5.41, 5.74) is 6.82. The number of aliphatic hydroxyl groups is 1. The normalized spacial score (nSPS) is 14.9. The molecule has 2 unspecified atom stereocenters. The van der Waals surface area contributed by atoms with Gasteiger partial charge in [0.2, 0.25) is 0 Å². The van der Waals surface area contributed by atoms with Gasteiger partial charge in [0.25, 0.3) is 0 Å². The van der Waals surface area contributed by atoms with Crippen molar-refractivity contribution < 1.29 is 9.50 Å². The summed E-state index contributed by atoms with van der Waals surface area (Å²) in [6.45, 7) is 3.69. The molecule has 0 saturated carbocycles.